The van der Waals surface area contributed by atoms with Gasteiger partial charge >= 0.3 is 0 Å². The van der Waals surface area contributed by atoms with Crippen LogP contribution in [0.25, 0.3) is 0 Å². The molecule has 3 aromatic rings. The summed E-state index contributed by atoms with van der Waals surface area (Å²) in [5.74, 6) is 0.766. The zero-order chi connectivity index (χ0) is 20.8. The highest BCUT2D eigenvalue weighted by molar-refractivity contribution is 5.37. The molecular formula is C27H31NO2. The van der Waals surface area contributed by atoms with Gasteiger partial charge in [0.25, 0.3) is 0 Å². The van der Waals surface area contributed by atoms with Crippen molar-refractivity contribution in [2.24, 2.45) is 0 Å². The highest BCUT2D eigenvalue weighted by Crippen LogP contribution is 2.41. The van der Waals surface area contributed by atoms with Gasteiger partial charge in [0.15, 0.2) is 0 Å². The van der Waals surface area contributed by atoms with E-state index in [2.05, 4.69) is 41.3 Å². The normalized spacial score (nSPS) is 17.4. The molecule has 0 saturated carbocycles. The Morgan fingerprint density at radius 2 is 1.47 bits per heavy atom. The monoisotopic (exact) mass is 401 g/mol. The van der Waals surface area contributed by atoms with Gasteiger partial charge in [-0.05, 0) is 54.8 Å². The lowest BCUT2D eigenvalue weighted by Gasteiger charge is -2.39. The Labute approximate surface area is 179 Å². The summed E-state index contributed by atoms with van der Waals surface area (Å²) in [5.41, 5.74) is 2.22. The predicted molar refractivity (Wildman–Crippen MR) is 122 cm³/mol. The Morgan fingerprint density at radius 3 is 2.07 bits per heavy atom. The smallest absolute Gasteiger partial charge is 0.118 e. The molecule has 4 rings (SSSR count). The summed E-state index contributed by atoms with van der Waals surface area (Å²) in [6, 6.07) is 28.7. The van der Waals surface area contributed by atoms with E-state index < -0.39 is 5.60 Å². The van der Waals surface area contributed by atoms with E-state index in [9.17, 15) is 5.11 Å². The van der Waals surface area contributed by atoms with Crippen LogP contribution in [-0.2, 0) is 12.0 Å². The minimum atomic E-state index is -1.03. The van der Waals surface area contributed by atoms with E-state index in [0.717, 1.165) is 36.5 Å². The lowest BCUT2D eigenvalue weighted by atomic mass is 9.73. The molecule has 0 aromatic heterocycles. The first-order valence-electron chi connectivity index (χ1n) is 10.9. The van der Waals surface area contributed by atoms with Crippen molar-refractivity contribution in [2.45, 2.75) is 30.8 Å². The van der Waals surface area contributed by atoms with Crippen LogP contribution < -0.4 is 4.74 Å². The molecule has 3 aromatic carbocycles. The number of likely N-dealkylation sites (tertiary alicyclic amines) is 1. The van der Waals surface area contributed by atoms with Crippen LogP contribution in [0.15, 0.2) is 84.9 Å². The Bertz CT molecular complexity index is 905. The maximum atomic E-state index is 12.4. The minimum absolute atomic E-state index is 0.0367. The third-order valence-electron chi connectivity index (χ3n) is 6.32. The number of methoxy groups -OCH3 is 1. The fraction of sp³-hybridized carbons (Fsp3) is 0.333. The molecule has 1 heterocycles. The van der Waals surface area contributed by atoms with Gasteiger partial charge in [0, 0.05) is 18.9 Å². The fourth-order valence-corrected chi connectivity index (χ4v) is 4.65. The second-order valence-corrected chi connectivity index (χ2v) is 8.29. The third-order valence-corrected chi connectivity index (χ3v) is 6.32. The molecule has 0 spiro atoms. The SMILES string of the molecule is COc1ccc([C@@](O)(Cc2ccccc2)[C@@H](CN2CCCC2)c2ccccc2)cc1. The van der Waals surface area contributed by atoms with Crippen molar-refractivity contribution in [3.8, 4) is 5.75 Å². The zero-order valence-corrected chi connectivity index (χ0v) is 17.7. The van der Waals surface area contributed by atoms with E-state index in [1.54, 1.807) is 7.11 Å². The minimum Gasteiger partial charge on any atom is -0.497 e. The molecule has 1 saturated heterocycles. The van der Waals surface area contributed by atoms with Crippen LogP contribution in [0.2, 0.25) is 0 Å². The Kier molecular flexibility index (Phi) is 6.51. The molecular weight excluding hydrogens is 370 g/mol. The van der Waals surface area contributed by atoms with E-state index in [1.807, 2.05) is 48.5 Å². The highest BCUT2D eigenvalue weighted by atomic mass is 16.5. The van der Waals surface area contributed by atoms with Gasteiger partial charge in [-0.3, -0.25) is 0 Å². The molecule has 3 nitrogen and oxygen atoms in total. The number of nitrogens with zero attached hydrogens (tertiary/aromatic N) is 1. The van der Waals surface area contributed by atoms with Crippen LogP contribution >= 0.6 is 0 Å². The Morgan fingerprint density at radius 1 is 0.867 bits per heavy atom. The molecule has 1 aliphatic rings. The summed E-state index contributed by atoms with van der Waals surface area (Å²) < 4.78 is 5.36. The van der Waals surface area contributed by atoms with Gasteiger partial charge in [-0.2, -0.15) is 0 Å². The van der Waals surface area contributed by atoms with Crippen LogP contribution in [0.3, 0.4) is 0 Å². The van der Waals surface area contributed by atoms with E-state index >= 15 is 0 Å². The number of ether oxygens (including phenoxy) is 1. The van der Waals surface area contributed by atoms with Crippen LogP contribution in [0.1, 0.15) is 35.4 Å². The first kappa shape index (κ1) is 20.6. The van der Waals surface area contributed by atoms with E-state index in [-0.39, 0.29) is 5.92 Å². The van der Waals surface area contributed by atoms with Gasteiger partial charge < -0.3 is 14.7 Å². The van der Waals surface area contributed by atoms with Crippen molar-refractivity contribution >= 4 is 0 Å². The van der Waals surface area contributed by atoms with Gasteiger partial charge in [0.2, 0.25) is 0 Å². The van der Waals surface area contributed by atoms with Crippen molar-refractivity contribution < 1.29 is 9.84 Å². The molecule has 3 heteroatoms. The highest BCUT2D eigenvalue weighted by Gasteiger charge is 2.40. The largest absolute Gasteiger partial charge is 0.497 e. The molecule has 30 heavy (non-hydrogen) atoms. The number of rotatable bonds is 8. The van der Waals surface area contributed by atoms with Crippen molar-refractivity contribution in [1.29, 1.82) is 0 Å². The van der Waals surface area contributed by atoms with Crippen LogP contribution in [0.4, 0.5) is 0 Å². The molecule has 0 amide bonds. The van der Waals surface area contributed by atoms with Crippen LogP contribution in [-0.4, -0.2) is 36.8 Å². The average molecular weight is 402 g/mol. The summed E-state index contributed by atoms with van der Waals surface area (Å²) in [6.45, 7) is 3.06. The first-order chi connectivity index (χ1) is 14.7. The van der Waals surface area contributed by atoms with Crippen molar-refractivity contribution in [3.05, 3.63) is 102 Å². The Hall–Kier alpha value is -2.62. The van der Waals surface area contributed by atoms with E-state index in [4.69, 9.17) is 4.74 Å². The summed E-state index contributed by atoms with van der Waals surface area (Å²) in [6.07, 6.45) is 3.04. The van der Waals surface area contributed by atoms with Gasteiger partial charge in [-0.15, -0.1) is 0 Å². The lowest BCUT2D eigenvalue weighted by molar-refractivity contribution is -0.00292. The maximum absolute atomic E-state index is 12.4. The lowest BCUT2D eigenvalue weighted by Crippen LogP contribution is -2.42. The van der Waals surface area contributed by atoms with E-state index in [1.165, 1.54) is 18.4 Å². The molecule has 0 unspecified atom stereocenters. The number of hydrogen-bond donors (Lipinski definition) is 1. The van der Waals surface area contributed by atoms with E-state index in [0.29, 0.717) is 6.42 Å². The summed E-state index contributed by atoms with van der Waals surface area (Å²) in [5, 5.41) is 12.4. The van der Waals surface area contributed by atoms with Crippen LogP contribution in [0.5, 0.6) is 5.75 Å². The summed E-state index contributed by atoms with van der Waals surface area (Å²) in [7, 11) is 1.67. The second-order valence-electron chi connectivity index (χ2n) is 8.29. The van der Waals surface area contributed by atoms with Crippen molar-refractivity contribution in [3.63, 3.8) is 0 Å². The molecule has 0 bridgehead atoms. The molecule has 1 N–H and O–H groups in total. The number of aliphatic hydroxyl groups is 1. The third kappa shape index (κ3) is 4.58. The average Bonchev–Trinajstić information content (AvgIpc) is 3.32. The standard InChI is InChI=1S/C27H31NO2/c1-30-25-16-14-24(15-17-25)27(29,20-22-10-4-2-5-11-22)26(21-28-18-8-9-19-28)23-12-6-3-7-13-23/h2-7,10-17,26,29H,8-9,18-21H2,1H3/t26-,27-/m0/s1. The zero-order valence-electron chi connectivity index (χ0n) is 17.7. The topological polar surface area (TPSA) is 32.7 Å². The van der Waals surface area contributed by atoms with Gasteiger partial charge in [-0.25, -0.2) is 0 Å². The summed E-state index contributed by atoms with van der Waals surface area (Å²) in [4.78, 5) is 2.50. The van der Waals surface area contributed by atoms with Crippen molar-refractivity contribution in [1.82, 2.24) is 4.90 Å². The van der Waals surface area contributed by atoms with Gasteiger partial charge in [0.1, 0.15) is 11.4 Å². The van der Waals surface area contributed by atoms with Gasteiger partial charge in [0.05, 0.1) is 7.11 Å². The molecule has 156 valence electrons. The second kappa shape index (κ2) is 9.46. The molecule has 0 radical (unpaired) electrons. The first-order valence-corrected chi connectivity index (χ1v) is 10.9. The van der Waals surface area contributed by atoms with Crippen molar-refractivity contribution in [2.75, 3.05) is 26.7 Å². The quantitative estimate of drug-likeness (QED) is 0.576. The summed E-state index contributed by atoms with van der Waals surface area (Å²) >= 11 is 0. The maximum Gasteiger partial charge on any atom is 0.118 e. The van der Waals surface area contributed by atoms with Gasteiger partial charge in [-0.1, -0.05) is 72.8 Å². The predicted octanol–water partition coefficient (Wildman–Crippen LogP) is 5.01. The molecule has 0 aliphatic carbocycles. The molecule has 1 fully saturated rings. The fourth-order valence-electron chi connectivity index (χ4n) is 4.65. The Balaban J connectivity index is 1.78. The molecule has 2 atom stereocenters. The van der Waals surface area contributed by atoms with Crippen LogP contribution in [0, 0.1) is 0 Å². The number of benzene rings is 3. The molecule has 1 aliphatic heterocycles. The number of hydrogen-bond acceptors (Lipinski definition) is 3.